The molecule has 4 nitrogen and oxygen atoms in total. The topological polar surface area (TPSA) is 50.4 Å². The van der Waals surface area contributed by atoms with Gasteiger partial charge in [0.25, 0.3) is 0 Å². The van der Waals surface area contributed by atoms with Crippen LogP contribution in [0.4, 0.5) is 0 Å². The predicted molar refractivity (Wildman–Crippen MR) is 190 cm³/mol. The molecule has 0 aliphatic carbocycles. The van der Waals surface area contributed by atoms with Gasteiger partial charge in [0.2, 0.25) is 0 Å². The van der Waals surface area contributed by atoms with Crippen LogP contribution >= 0.6 is 0 Å². The smallest absolute Gasteiger partial charge is 0.141 e. The van der Waals surface area contributed by atoms with E-state index in [2.05, 4.69) is 123 Å². The first kappa shape index (κ1) is 29.2. The molecule has 0 aliphatic heterocycles. The Labute approximate surface area is 270 Å². The van der Waals surface area contributed by atoms with E-state index in [1.165, 1.54) is 5.56 Å². The monoisotopic (exact) mass is 599 g/mol. The Hall–Kier alpha value is -5.48. The van der Waals surface area contributed by atoms with Crippen LogP contribution in [0.5, 0.6) is 5.75 Å². The van der Waals surface area contributed by atoms with Crippen molar-refractivity contribution >= 4 is 5.65 Å². The summed E-state index contributed by atoms with van der Waals surface area (Å²) in [6.45, 7) is 8.61. The standard InChI is InChI=1S/C42H37N3O/c1-27(2)34-20-12-21-36(41(34)46)38-26-33(29-14-7-5-8-15-29)25-37(43-38)31-18-11-19-32(24-31)39-40(30-16-9-6-10-17-30)45-23-13-22-35(28(3)4)42(45)44-39/h5-28,46H,1-4H3. The van der Waals surface area contributed by atoms with Crippen LogP contribution < -0.4 is 0 Å². The van der Waals surface area contributed by atoms with E-state index in [9.17, 15) is 5.11 Å². The maximum atomic E-state index is 11.3. The summed E-state index contributed by atoms with van der Waals surface area (Å²) in [5.41, 5.74) is 12.7. The number of hydrogen-bond donors (Lipinski definition) is 1. The molecule has 46 heavy (non-hydrogen) atoms. The fourth-order valence-electron chi connectivity index (χ4n) is 6.29. The van der Waals surface area contributed by atoms with Gasteiger partial charge in [0, 0.05) is 28.5 Å². The third-order valence-electron chi connectivity index (χ3n) is 8.68. The van der Waals surface area contributed by atoms with Crippen LogP contribution in [0.3, 0.4) is 0 Å². The lowest BCUT2D eigenvalue weighted by Crippen LogP contribution is -1.95. The molecule has 0 radical (unpaired) electrons. The Morgan fingerprint density at radius 3 is 1.85 bits per heavy atom. The zero-order valence-electron chi connectivity index (χ0n) is 26.6. The van der Waals surface area contributed by atoms with Crippen molar-refractivity contribution in [3.8, 4) is 61.9 Å². The van der Waals surface area contributed by atoms with Gasteiger partial charge in [-0.15, -0.1) is 0 Å². The SMILES string of the molecule is CC(C)c1cccc(-c2cc(-c3ccccc3)cc(-c3cccc(-c4nc5c(C(C)C)cccn5c4-c4ccccc4)c3)n2)c1O. The van der Waals surface area contributed by atoms with E-state index in [-0.39, 0.29) is 11.7 Å². The summed E-state index contributed by atoms with van der Waals surface area (Å²) in [5.74, 6) is 0.810. The lowest BCUT2D eigenvalue weighted by atomic mass is 9.95. The molecule has 226 valence electrons. The van der Waals surface area contributed by atoms with Gasteiger partial charge in [-0.3, -0.25) is 4.40 Å². The summed E-state index contributed by atoms with van der Waals surface area (Å²) in [6, 6.07) is 43.8. The van der Waals surface area contributed by atoms with Crippen molar-refractivity contribution in [3.05, 3.63) is 145 Å². The van der Waals surface area contributed by atoms with Gasteiger partial charge in [-0.2, -0.15) is 0 Å². The lowest BCUT2D eigenvalue weighted by Gasteiger charge is -2.15. The molecule has 4 aromatic carbocycles. The highest BCUT2D eigenvalue weighted by molar-refractivity contribution is 5.85. The van der Waals surface area contributed by atoms with Crippen LogP contribution in [0.25, 0.3) is 61.8 Å². The molecule has 7 rings (SSSR count). The number of fused-ring (bicyclic) bond motifs is 1. The highest BCUT2D eigenvalue weighted by atomic mass is 16.3. The summed E-state index contributed by atoms with van der Waals surface area (Å²) in [7, 11) is 0. The molecule has 0 fully saturated rings. The molecular formula is C42H37N3O. The van der Waals surface area contributed by atoms with E-state index < -0.39 is 0 Å². The van der Waals surface area contributed by atoms with Crippen molar-refractivity contribution in [1.82, 2.24) is 14.4 Å². The number of aromatic hydroxyl groups is 1. The second-order valence-corrected chi connectivity index (χ2v) is 12.5. The molecule has 0 unspecified atom stereocenters. The quantitative estimate of drug-likeness (QED) is 0.198. The zero-order valence-corrected chi connectivity index (χ0v) is 26.6. The van der Waals surface area contributed by atoms with Crippen LogP contribution in [0.1, 0.15) is 50.7 Å². The Balaban J connectivity index is 1.43. The van der Waals surface area contributed by atoms with Crippen molar-refractivity contribution in [1.29, 1.82) is 0 Å². The van der Waals surface area contributed by atoms with Gasteiger partial charge in [0.1, 0.15) is 11.4 Å². The maximum absolute atomic E-state index is 11.3. The average molecular weight is 600 g/mol. The molecule has 0 saturated heterocycles. The minimum Gasteiger partial charge on any atom is -0.507 e. The molecule has 7 aromatic rings. The van der Waals surface area contributed by atoms with Crippen LogP contribution in [0.15, 0.2) is 134 Å². The lowest BCUT2D eigenvalue weighted by molar-refractivity contribution is 0.466. The van der Waals surface area contributed by atoms with Crippen LogP contribution in [0.2, 0.25) is 0 Å². The first-order chi connectivity index (χ1) is 22.4. The fraction of sp³-hybridized carbons (Fsp3) is 0.143. The normalized spacial score (nSPS) is 11.5. The van der Waals surface area contributed by atoms with Gasteiger partial charge in [0.05, 0.1) is 22.8 Å². The first-order valence-corrected chi connectivity index (χ1v) is 16.0. The first-order valence-electron chi connectivity index (χ1n) is 16.0. The molecule has 0 saturated carbocycles. The van der Waals surface area contributed by atoms with E-state index in [0.717, 1.165) is 67.4 Å². The highest BCUT2D eigenvalue weighted by Crippen LogP contribution is 2.40. The fourth-order valence-corrected chi connectivity index (χ4v) is 6.29. The average Bonchev–Trinajstić information content (AvgIpc) is 3.49. The number of phenols is 1. The van der Waals surface area contributed by atoms with Gasteiger partial charge in [0.15, 0.2) is 0 Å². The summed E-state index contributed by atoms with van der Waals surface area (Å²) < 4.78 is 2.23. The van der Waals surface area contributed by atoms with Crippen molar-refractivity contribution in [2.45, 2.75) is 39.5 Å². The van der Waals surface area contributed by atoms with Crippen molar-refractivity contribution in [3.63, 3.8) is 0 Å². The Morgan fingerprint density at radius 2 is 1.13 bits per heavy atom. The number of nitrogens with zero attached hydrogens (tertiary/aromatic N) is 3. The third kappa shape index (κ3) is 5.37. The van der Waals surface area contributed by atoms with Crippen LogP contribution in [0, 0.1) is 0 Å². The molecule has 3 heterocycles. The zero-order chi connectivity index (χ0) is 31.8. The summed E-state index contributed by atoms with van der Waals surface area (Å²) in [5, 5.41) is 11.3. The minimum atomic E-state index is 0.189. The van der Waals surface area contributed by atoms with Gasteiger partial charge in [-0.1, -0.05) is 125 Å². The van der Waals surface area contributed by atoms with E-state index in [1.54, 1.807) is 0 Å². The third-order valence-corrected chi connectivity index (χ3v) is 8.68. The summed E-state index contributed by atoms with van der Waals surface area (Å²) in [6.07, 6.45) is 2.11. The number of para-hydroxylation sites is 1. The molecule has 0 spiro atoms. The van der Waals surface area contributed by atoms with Crippen molar-refractivity contribution < 1.29 is 5.11 Å². The van der Waals surface area contributed by atoms with Crippen LogP contribution in [-0.4, -0.2) is 19.5 Å². The molecule has 0 amide bonds. The maximum Gasteiger partial charge on any atom is 0.141 e. The molecule has 3 aromatic heterocycles. The molecule has 1 N–H and O–H groups in total. The number of imidazole rings is 1. The van der Waals surface area contributed by atoms with E-state index >= 15 is 0 Å². The molecule has 4 heteroatoms. The van der Waals surface area contributed by atoms with Gasteiger partial charge in [-0.05, 0) is 64.4 Å². The highest BCUT2D eigenvalue weighted by Gasteiger charge is 2.20. The Bertz CT molecular complexity index is 2160. The van der Waals surface area contributed by atoms with Gasteiger partial charge >= 0.3 is 0 Å². The van der Waals surface area contributed by atoms with Gasteiger partial charge < -0.3 is 5.11 Å². The number of rotatable bonds is 7. The molecule has 0 aliphatic rings. The van der Waals surface area contributed by atoms with E-state index in [0.29, 0.717) is 5.92 Å². The summed E-state index contributed by atoms with van der Waals surface area (Å²) in [4.78, 5) is 10.5. The number of phenolic OH excluding ortho intramolecular Hbond substituents is 1. The Morgan fingerprint density at radius 1 is 0.522 bits per heavy atom. The Kier molecular flexibility index (Phi) is 7.71. The minimum absolute atomic E-state index is 0.189. The number of pyridine rings is 2. The van der Waals surface area contributed by atoms with Crippen LogP contribution in [-0.2, 0) is 0 Å². The summed E-state index contributed by atoms with van der Waals surface area (Å²) >= 11 is 0. The number of aromatic nitrogens is 3. The molecule has 0 atom stereocenters. The van der Waals surface area contributed by atoms with E-state index in [1.807, 2.05) is 42.5 Å². The van der Waals surface area contributed by atoms with E-state index in [4.69, 9.17) is 9.97 Å². The predicted octanol–water partition coefficient (Wildman–Crippen LogP) is 11.0. The van der Waals surface area contributed by atoms with Crippen molar-refractivity contribution in [2.75, 3.05) is 0 Å². The second kappa shape index (κ2) is 12.1. The second-order valence-electron chi connectivity index (χ2n) is 12.5. The molecule has 0 bridgehead atoms. The van der Waals surface area contributed by atoms with Gasteiger partial charge in [-0.25, -0.2) is 9.97 Å². The molecular weight excluding hydrogens is 562 g/mol. The largest absolute Gasteiger partial charge is 0.507 e. The number of benzene rings is 4. The van der Waals surface area contributed by atoms with Crippen molar-refractivity contribution in [2.24, 2.45) is 0 Å². The number of hydrogen-bond acceptors (Lipinski definition) is 3.